The van der Waals surface area contributed by atoms with Crippen LogP contribution >= 0.6 is 0 Å². The summed E-state index contributed by atoms with van der Waals surface area (Å²) in [5.41, 5.74) is 1.29. The van der Waals surface area contributed by atoms with Gasteiger partial charge in [0.15, 0.2) is 6.10 Å². The maximum atomic E-state index is 12.1. The van der Waals surface area contributed by atoms with Crippen LogP contribution in [0.5, 0.6) is 5.75 Å². The Kier molecular flexibility index (Phi) is 4.37. The predicted octanol–water partition coefficient (Wildman–Crippen LogP) is 1.27. The number of aryl methyl sites for hydroxylation is 1. The molecule has 1 saturated heterocycles. The molecule has 0 aromatic carbocycles. The third-order valence-corrected chi connectivity index (χ3v) is 3.29. The number of amides is 1. The zero-order valence-corrected chi connectivity index (χ0v) is 11.4. The third-order valence-electron chi connectivity index (χ3n) is 3.29. The van der Waals surface area contributed by atoms with E-state index in [9.17, 15) is 9.90 Å². The fourth-order valence-corrected chi connectivity index (χ4v) is 2.25. The molecule has 2 rings (SSSR count). The van der Waals surface area contributed by atoms with Gasteiger partial charge in [0.05, 0.1) is 6.61 Å². The maximum absolute atomic E-state index is 12.1. The number of rotatable bonds is 4. The van der Waals surface area contributed by atoms with E-state index in [1.54, 1.807) is 13.0 Å². The van der Waals surface area contributed by atoms with Gasteiger partial charge in [-0.2, -0.15) is 0 Å². The number of nitrogens with zero attached hydrogens (tertiary/aromatic N) is 2. The minimum atomic E-state index is -0.548. The minimum absolute atomic E-state index is 0.00182. The van der Waals surface area contributed by atoms with Crippen LogP contribution in [0.2, 0.25) is 0 Å². The molecule has 0 bridgehead atoms. The summed E-state index contributed by atoms with van der Waals surface area (Å²) in [5, 5.41) is 9.27. The van der Waals surface area contributed by atoms with Crippen LogP contribution in [-0.4, -0.2) is 40.1 Å². The first-order valence-corrected chi connectivity index (χ1v) is 6.64. The van der Waals surface area contributed by atoms with Crippen molar-refractivity contribution < 1.29 is 14.6 Å². The van der Waals surface area contributed by atoms with Crippen molar-refractivity contribution in [2.75, 3.05) is 13.1 Å². The highest BCUT2D eigenvalue weighted by atomic mass is 16.5. The first-order valence-electron chi connectivity index (χ1n) is 6.64. The summed E-state index contributed by atoms with van der Waals surface area (Å²) in [6.45, 7) is 5.02. The van der Waals surface area contributed by atoms with E-state index in [0.717, 1.165) is 31.6 Å². The van der Waals surface area contributed by atoms with Crippen molar-refractivity contribution in [2.24, 2.45) is 0 Å². The second-order valence-corrected chi connectivity index (χ2v) is 4.85. The van der Waals surface area contributed by atoms with Crippen LogP contribution in [0.15, 0.2) is 12.1 Å². The highest BCUT2D eigenvalue weighted by molar-refractivity contribution is 5.81. The SMILES string of the molecule is Cc1ccc(OC(C)C(=O)N2CCCC2)c(CO)n1. The average Bonchev–Trinajstić information content (AvgIpc) is 2.93. The number of carbonyl (C=O) groups excluding carboxylic acids is 1. The number of likely N-dealkylation sites (tertiary alicyclic amines) is 1. The molecule has 0 aliphatic carbocycles. The molecule has 2 heterocycles. The Morgan fingerprint density at radius 3 is 2.79 bits per heavy atom. The van der Waals surface area contributed by atoms with Gasteiger partial charge in [-0.3, -0.25) is 9.78 Å². The van der Waals surface area contributed by atoms with E-state index in [2.05, 4.69) is 4.98 Å². The standard InChI is InChI=1S/C14H20N2O3/c1-10-5-6-13(12(9-17)15-10)19-11(2)14(18)16-7-3-4-8-16/h5-6,11,17H,3-4,7-9H2,1-2H3. The van der Waals surface area contributed by atoms with Crippen molar-refractivity contribution in [1.29, 1.82) is 0 Å². The molecule has 1 amide bonds. The average molecular weight is 264 g/mol. The fourth-order valence-electron chi connectivity index (χ4n) is 2.25. The van der Waals surface area contributed by atoms with Crippen molar-refractivity contribution in [3.63, 3.8) is 0 Å². The Balaban J connectivity index is 2.05. The van der Waals surface area contributed by atoms with E-state index in [4.69, 9.17) is 4.74 Å². The number of aliphatic hydroxyl groups excluding tert-OH is 1. The summed E-state index contributed by atoms with van der Waals surface area (Å²) < 4.78 is 5.65. The number of aromatic nitrogens is 1. The highest BCUT2D eigenvalue weighted by Crippen LogP contribution is 2.19. The first-order chi connectivity index (χ1) is 9.11. The van der Waals surface area contributed by atoms with Crippen molar-refractivity contribution in [2.45, 2.75) is 39.4 Å². The smallest absolute Gasteiger partial charge is 0.263 e. The molecule has 1 aromatic rings. The van der Waals surface area contributed by atoms with Gasteiger partial charge >= 0.3 is 0 Å². The normalized spacial score (nSPS) is 16.5. The van der Waals surface area contributed by atoms with Crippen LogP contribution in [0.25, 0.3) is 0 Å². The van der Waals surface area contributed by atoms with Crippen molar-refractivity contribution in [3.8, 4) is 5.75 Å². The van der Waals surface area contributed by atoms with Crippen LogP contribution in [-0.2, 0) is 11.4 Å². The topological polar surface area (TPSA) is 62.7 Å². The Morgan fingerprint density at radius 2 is 2.16 bits per heavy atom. The number of ether oxygens (including phenoxy) is 1. The van der Waals surface area contributed by atoms with E-state index in [1.165, 1.54) is 0 Å². The summed E-state index contributed by atoms with van der Waals surface area (Å²) >= 11 is 0. The molecule has 5 heteroatoms. The zero-order chi connectivity index (χ0) is 13.8. The molecule has 1 N–H and O–H groups in total. The number of carbonyl (C=O) groups is 1. The van der Waals surface area contributed by atoms with Crippen molar-refractivity contribution >= 4 is 5.91 Å². The molecular formula is C14H20N2O3. The van der Waals surface area contributed by atoms with Gasteiger partial charge in [0.25, 0.3) is 5.91 Å². The second kappa shape index (κ2) is 6.02. The summed E-state index contributed by atoms with van der Waals surface area (Å²) in [6, 6.07) is 3.56. The molecular weight excluding hydrogens is 244 g/mol. The molecule has 0 saturated carbocycles. The number of aliphatic hydroxyl groups is 1. The lowest BCUT2D eigenvalue weighted by molar-refractivity contribution is -0.136. The van der Waals surface area contributed by atoms with Gasteiger partial charge in [0, 0.05) is 18.8 Å². The van der Waals surface area contributed by atoms with Crippen LogP contribution < -0.4 is 4.74 Å². The molecule has 1 aliphatic heterocycles. The number of hydrogen-bond donors (Lipinski definition) is 1. The van der Waals surface area contributed by atoms with Crippen molar-refractivity contribution in [3.05, 3.63) is 23.5 Å². The van der Waals surface area contributed by atoms with Gasteiger partial charge < -0.3 is 14.7 Å². The first kappa shape index (κ1) is 13.8. The molecule has 1 aromatic heterocycles. The van der Waals surface area contributed by atoms with Gasteiger partial charge in [0.2, 0.25) is 0 Å². The largest absolute Gasteiger partial charge is 0.479 e. The second-order valence-electron chi connectivity index (χ2n) is 4.85. The fraction of sp³-hybridized carbons (Fsp3) is 0.571. The maximum Gasteiger partial charge on any atom is 0.263 e. The molecule has 104 valence electrons. The lowest BCUT2D eigenvalue weighted by Crippen LogP contribution is -2.38. The molecule has 5 nitrogen and oxygen atoms in total. The van der Waals surface area contributed by atoms with Crippen LogP contribution in [0.1, 0.15) is 31.2 Å². The van der Waals surface area contributed by atoms with E-state index in [0.29, 0.717) is 11.4 Å². The predicted molar refractivity (Wildman–Crippen MR) is 70.8 cm³/mol. The summed E-state index contributed by atoms with van der Waals surface area (Å²) in [5.74, 6) is 0.482. The molecule has 1 atom stereocenters. The number of pyridine rings is 1. The van der Waals surface area contributed by atoms with E-state index < -0.39 is 6.10 Å². The molecule has 1 aliphatic rings. The monoisotopic (exact) mass is 264 g/mol. The van der Waals surface area contributed by atoms with Crippen molar-refractivity contribution in [1.82, 2.24) is 9.88 Å². The van der Waals surface area contributed by atoms with Crippen LogP contribution in [0.4, 0.5) is 0 Å². The van der Waals surface area contributed by atoms with E-state index >= 15 is 0 Å². The molecule has 19 heavy (non-hydrogen) atoms. The third kappa shape index (κ3) is 3.23. The lowest BCUT2D eigenvalue weighted by Gasteiger charge is -2.22. The van der Waals surface area contributed by atoms with Gasteiger partial charge in [-0.25, -0.2) is 0 Å². The van der Waals surface area contributed by atoms with E-state index in [-0.39, 0.29) is 12.5 Å². The molecule has 1 unspecified atom stereocenters. The Morgan fingerprint density at radius 1 is 1.47 bits per heavy atom. The summed E-state index contributed by atoms with van der Waals surface area (Å²) in [6.07, 6.45) is 1.58. The summed E-state index contributed by atoms with van der Waals surface area (Å²) in [7, 11) is 0. The highest BCUT2D eigenvalue weighted by Gasteiger charge is 2.25. The Labute approximate surface area is 113 Å². The zero-order valence-electron chi connectivity index (χ0n) is 11.4. The van der Waals surface area contributed by atoms with Crippen LogP contribution in [0, 0.1) is 6.92 Å². The Bertz CT molecular complexity index is 456. The molecule has 0 radical (unpaired) electrons. The quantitative estimate of drug-likeness (QED) is 0.889. The van der Waals surface area contributed by atoms with Gasteiger partial charge in [-0.05, 0) is 38.8 Å². The Hall–Kier alpha value is -1.62. The van der Waals surface area contributed by atoms with E-state index in [1.807, 2.05) is 17.9 Å². The van der Waals surface area contributed by atoms with Gasteiger partial charge in [0.1, 0.15) is 11.4 Å². The minimum Gasteiger partial charge on any atom is -0.479 e. The van der Waals surface area contributed by atoms with Gasteiger partial charge in [-0.1, -0.05) is 0 Å². The van der Waals surface area contributed by atoms with Crippen LogP contribution in [0.3, 0.4) is 0 Å². The summed E-state index contributed by atoms with van der Waals surface area (Å²) in [4.78, 5) is 18.2. The lowest BCUT2D eigenvalue weighted by atomic mass is 10.2. The number of hydrogen-bond acceptors (Lipinski definition) is 4. The molecule has 0 spiro atoms. The molecule has 1 fully saturated rings. The van der Waals surface area contributed by atoms with Gasteiger partial charge in [-0.15, -0.1) is 0 Å².